The van der Waals surface area contributed by atoms with E-state index in [0.29, 0.717) is 31.9 Å². The number of alkyl halides is 1. The molecule has 1 N–H and O–H groups in total. The molecule has 1 aromatic rings. The van der Waals surface area contributed by atoms with Crippen molar-refractivity contribution in [3.8, 4) is 0 Å². The van der Waals surface area contributed by atoms with Crippen LogP contribution >= 0.6 is 0 Å². The number of ether oxygens (including phenoxy) is 1. The molecule has 0 aromatic carbocycles. The first-order chi connectivity index (χ1) is 8.72. The molecule has 0 spiro atoms. The molecule has 0 bridgehead atoms. The lowest BCUT2D eigenvalue weighted by molar-refractivity contribution is 0.0308. The summed E-state index contributed by atoms with van der Waals surface area (Å²) in [6, 6.07) is 3.11. The van der Waals surface area contributed by atoms with Gasteiger partial charge in [-0.2, -0.15) is 0 Å². The number of rotatable bonds is 4. The van der Waals surface area contributed by atoms with Crippen molar-refractivity contribution >= 4 is 11.8 Å². The van der Waals surface area contributed by atoms with E-state index in [4.69, 9.17) is 9.84 Å². The van der Waals surface area contributed by atoms with E-state index in [9.17, 15) is 9.18 Å². The van der Waals surface area contributed by atoms with E-state index >= 15 is 0 Å². The Bertz CT molecular complexity index is 426. The minimum atomic E-state index is -1.01. The van der Waals surface area contributed by atoms with Gasteiger partial charge in [0.05, 0.1) is 19.4 Å². The number of morpholine rings is 1. The van der Waals surface area contributed by atoms with Crippen LogP contribution in [-0.4, -0.2) is 48.5 Å². The van der Waals surface area contributed by atoms with Gasteiger partial charge in [0.2, 0.25) is 0 Å². The summed E-state index contributed by atoms with van der Waals surface area (Å²) in [5, 5.41) is 9.11. The molecule has 1 aliphatic rings. The molecule has 5 nitrogen and oxygen atoms in total. The second-order valence-corrected chi connectivity index (χ2v) is 4.10. The van der Waals surface area contributed by atoms with E-state index < -0.39 is 12.6 Å². The molecule has 1 fully saturated rings. The summed E-state index contributed by atoms with van der Waals surface area (Å²) in [4.78, 5) is 17.1. The van der Waals surface area contributed by atoms with Crippen LogP contribution in [-0.2, 0) is 4.74 Å². The fraction of sp³-hybridized carbons (Fsp3) is 0.500. The summed E-state index contributed by atoms with van der Waals surface area (Å²) in [6.45, 7) is 1.06. The van der Waals surface area contributed by atoms with Crippen molar-refractivity contribution in [3.05, 3.63) is 23.9 Å². The summed E-state index contributed by atoms with van der Waals surface area (Å²) in [6.07, 6.45) is 1.68. The van der Waals surface area contributed by atoms with Gasteiger partial charge in [-0.25, -0.2) is 9.78 Å². The summed E-state index contributed by atoms with van der Waals surface area (Å²) in [5.74, 6) is -0.580. The lowest BCUT2D eigenvalue weighted by atomic mass is 10.2. The van der Waals surface area contributed by atoms with Crippen LogP contribution in [0.4, 0.5) is 10.2 Å². The number of pyridine rings is 1. The highest BCUT2D eigenvalue weighted by molar-refractivity contribution is 5.93. The van der Waals surface area contributed by atoms with Crippen LogP contribution in [0.15, 0.2) is 18.3 Å². The molecule has 2 rings (SSSR count). The van der Waals surface area contributed by atoms with Crippen LogP contribution in [0.3, 0.4) is 0 Å². The monoisotopic (exact) mass is 254 g/mol. The Balaban J connectivity index is 2.18. The molecule has 2 heterocycles. The predicted molar refractivity (Wildman–Crippen MR) is 63.7 cm³/mol. The predicted octanol–water partition coefficient (Wildman–Crippen LogP) is 1.34. The van der Waals surface area contributed by atoms with E-state index in [1.165, 1.54) is 6.07 Å². The first-order valence-electron chi connectivity index (χ1n) is 5.83. The third kappa shape index (κ3) is 2.76. The highest BCUT2D eigenvalue weighted by Gasteiger charge is 2.24. The van der Waals surface area contributed by atoms with Crippen molar-refractivity contribution in [3.63, 3.8) is 0 Å². The van der Waals surface area contributed by atoms with Gasteiger partial charge in [0.15, 0.2) is 0 Å². The quantitative estimate of drug-likeness (QED) is 0.878. The van der Waals surface area contributed by atoms with Gasteiger partial charge in [-0.15, -0.1) is 0 Å². The zero-order chi connectivity index (χ0) is 13.0. The first kappa shape index (κ1) is 12.8. The third-order valence-electron chi connectivity index (χ3n) is 2.89. The lowest BCUT2D eigenvalue weighted by Crippen LogP contribution is -2.43. The van der Waals surface area contributed by atoms with Crippen LogP contribution < -0.4 is 4.90 Å². The van der Waals surface area contributed by atoms with Gasteiger partial charge in [-0.1, -0.05) is 0 Å². The molecule has 98 valence electrons. The molecular weight excluding hydrogens is 239 g/mol. The average Bonchev–Trinajstić information content (AvgIpc) is 2.39. The number of aromatic carboxylic acids is 1. The zero-order valence-corrected chi connectivity index (χ0v) is 9.88. The van der Waals surface area contributed by atoms with Crippen molar-refractivity contribution in [1.82, 2.24) is 4.98 Å². The van der Waals surface area contributed by atoms with E-state index in [1.54, 1.807) is 12.3 Å². The number of nitrogens with zero attached hydrogens (tertiary/aromatic N) is 2. The topological polar surface area (TPSA) is 62.7 Å². The fourth-order valence-corrected chi connectivity index (χ4v) is 2.02. The minimum absolute atomic E-state index is 0.165. The second-order valence-electron chi connectivity index (χ2n) is 4.10. The van der Waals surface area contributed by atoms with E-state index in [2.05, 4.69) is 4.98 Å². The van der Waals surface area contributed by atoms with Gasteiger partial charge in [0, 0.05) is 25.7 Å². The van der Waals surface area contributed by atoms with Gasteiger partial charge in [-0.05, 0) is 12.1 Å². The van der Waals surface area contributed by atoms with Gasteiger partial charge < -0.3 is 14.7 Å². The molecule has 1 saturated heterocycles. The summed E-state index contributed by atoms with van der Waals surface area (Å²) in [7, 11) is 0. The standard InChI is InChI=1S/C12H15FN2O3/c13-4-3-9-8-15(6-7-18-9)11-10(12(16)17)2-1-5-14-11/h1-2,5,9H,3-4,6-8H2,(H,16,17). The summed E-state index contributed by atoms with van der Waals surface area (Å²) in [5.41, 5.74) is 0.165. The van der Waals surface area contributed by atoms with E-state index in [1.807, 2.05) is 4.90 Å². The zero-order valence-electron chi connectivity index (χ0n) is 9.88. The number of carbonyl (C=O) groups is 1. The minimum Gasteiger partial charge on any atom is -0.478 e. The Morgan fingerprint density at radius 3 is 3.22 bits per heavy atom. The Hall–Kier alpha value is -1.69. The van der Waals surface area contributed by atoms with Crippen molar-refractivity contribution in [2.45, 2.75) is 12.5 Å². The van der Waals surface area contributed by atoms with Crippen LogP contribution in [0.2, 0.25) is 0 Å². The second kappa shape index (κ2) is 5.77. The van der Waals surface area contributed by atoms with Gasteiger partial charge >= 0.3 is 5.97 Å². The maximum absolute atomic E-state index is 12.3. The highest BCUT2D eigenvalue weighted by Crippen LogP contribution is 2.20. The largest absolute Gasteiger partial charge is 0.478 e. The number of carboxylic acids is 1. The Kier molecular flexibility index (Phi) is 4.09. The molecule has 0 aliphatic carbocycles. The molecule has 1 unspecified atom stereocenters. The number of hydrogen-bond acceptors (Lipinski definition) is 4. The first-order valence-corrected chi connectivity index (χ1v) is 5.83. The average molecular weight is 254 g/mol. The lowest BCUT2D eigenvalue weighted by Gasteiger charge is -2.33. The van der Waals surface area contributed by atoms with Crippen molar-refractivity contribution in [2.24, 2.45) is 0 Å². The molecule has 18 heavy (non-hydrogen) atoms. The summed E-state index contributed by atoms with van der Waals surface area (Å²) >= 11 is 0. The Morgan fingerprint density at radius 1 is 1.67 bits per heavy atom. The molecule has 1 aromatic heterocycles. The Morgan fingerprint density at radius 2 is 2.50 bits per heavy atom. The molecule has 0 amide bonds. The maximum atomic E-state index is 12.3. The third-order valence-corrected chi connectivity index (χ3v) is 2.89. The maximum Gasteiger partial charge on any atom is 0.339 e. The van der Waals surface area contributed by atoms with E-state index in [0.717, 1.165) is 0 Å². The Labute approximate surface area is 104 Å². The van der Waals surface area contributed by atoms with Gasteiger partial charge in [-0.3, -0.25) is 4.39 Å². The van der Waals surface area contributed by atoms with Crippen LogP contribution in [0.5, 0.6) is 0 Å². The van der Waals surface area contributed by atoms with Crippen molar-refractivity contribution < 1.29 is 19.0 Å². The van der Waals surface area contributed by atoms with Crippen LogP contribution in [0.1, 0.15) is 16.8 Å². The van der Waals surface area contributed by atoms with Gasteiger partial charge in [0.25, 0.3) is 0 Å². The smallest absolute Gasteiger partial charge is 0.339 e. The number of anilines is 1. The molecular formula is C12H15FN2O3. The molecule has 1 aliphatic heterocycles. The fourth-order valence-electron chi connectivity index (χ4n) is 2.02. The molecule has 6 heteroatoms. The van der Waals surface area contributed by atoms with E-state index in [-0.39, 0.29) is 11.7 Å². The van der Waals surface area contributed by atoms with Crippen LogP contribution in [0.25, 0.3) is 0 Å². The number of aromatic nitrogens is 1. The number of halogens is 1. The number of carboxylic acid groups (broad SMARTS) is 1. The molecule has 1 atom stereocenters. The van der Waals surface area contributed by atoms with Gasteiger partial charge in [0.1, 0.15) is 11.4 Å². The normalized spacial score (nSPS) is 19.8. The highest BCUT2D eigenvalue weighted by atomic mass is 19.1. The van der Waals surface area contributed by atoms with Crippen LogP contribution in [0, 0.1) is 0 Å². The van der Waals surface area contributed by atoms with Crippen molar-refractivity contribution in [2.75, 3.05) is 31.3 Å². The molecule has 0 saturated carbocycles. The summed E-state index contributed by atoms with van der Waals surface area (Å²) < 4.78 is 17.7. The van der Waals surface area contributed by atoms with Crippen molar-refractivity contribution in [1.29, 1.82) is 0 Å². The number of hydrogen-bond donors (Lipinski definition) is 1. The SMILES string of the molecule is O=C(O)c1cccnc1N1CCOC(CCF)C1. The molecule has 0 radical (unpaired) electrons.